The predicted octanol–water partition coefficient (Wildman–Crippen LogP) is 4.23. The van der Waals surface area contributed by atoms with Crippen molar-refractivity contribution in [2.75, 3.05) is 10.6 Å². The van der Waals surface area contributed by atoms with Crippen LogP contribution in [0.4, 0.5) is 11.4 Å². The van der Waals surface area contributed by atoms with E-state index in [1.165, 1.54) is 0 Å². The number of anilines is 2. The van der Waals surface area contributed by atoms with E-state index in [4.69, 9.17) is 0 Å². The van der Waals surface area contributed by atoms with Crippen LogP contribution in [0.3, 0.4) is 0 Å². The molecule has 0 saturated heterocycles. The molecule has 2 amide bonds. The summed E-state index contributed by atoms with van der Waals surface area (Å²) in [5.74, 6) is -0.282. The number of nitrogens with zero attached hydrogens (tertiary/aromatic N) is 2. The maximum atomic E-state index is 13.0. The lowest BCUT2D eigenvalue weighted by Gasteiger charge is -2.11. The maximum Gasteiger partial charge on any atom is 0.276 e. The van der Waals surface area contributed by atoms with Crippen LogP contribution in [0, 0.1) is 5.92 Å². The quantitative estimate of drug-likeness (QED) is 0.469. The Hall–Kier alpha value is -4.00. The minimum absolute atomic E-state index is 0.0111. The van der Waals surface area contributed by atoms with Gasteiger partial charge in [0.05, 0.1) is 16.9 Å². The van der Waals surface area contributed by atoms with Gasteiger partial charge in [0.1, 0.15) is 0 Å². The molecule has 7 heteroatoms. The molecule has 4 aromatic rings. The van der Waals surface area contributed by atoms with Gasteiger partial charge in [-0.15, -0.1) is 0 Å². The number of para-hydroxylation sites is 2. The molecule has 2 heterocycles. The summed E-state index contributed by atoms with van der Waals surface area (Å²) in [5.41, 5.74) is 4.08. The first kappa shape index (κ1) is 18.1. The normalized spacial score (nSPS) is 13.2. The summed E-state index contributed by atoms with van der Waals surface area (Å²) >= 11 is 0. The average Bonchev–Trinajstić information content (AvgIpc) is 3.55. The second kappa shape index (κ2) is 7.44. The number of carbonyl (C=O) groups is 2. The molecule has 0 bridgehead atoms. The Kier molecular flexibility index (Phi) is 4.48. The van der Waals surface area contributed by atoms with Gasteiger partial charge in [-0.1, -0.05) is 24.3 Å². The summed E-state index contributed by atoms with van der Waals surface area (Å²) in [7, 11) is 0. The lowest BCUT2D eigenvalue weighted by Crippen LogP contribution is -2.18. The molecule has 0 spiro atoms. The fraction of sp³-hybridized carbons (Fsp3) is 0.130. The zero-order valence-electron chi connectivity index (χ0n) is 16.1. The highest BCUT2D eigenvalue weighted by Gasteiger charge is 2.30. The van der Waals surface area contributed by atoms with Crippen molar-refractivity contribution in [2.24, 2.45) is 5.92 Å². The number of carbonyl (C=O) groups excluding carboxylic acids is 2. The van der Waals surface area contributed by atoms with E-state index in [-0.39, 0.29) is 17.7 Å². The minimum atomic E-state index is -0.349. The summed E-state index contributed by atoms with van der Waals surface area (Å²) in [6.45, 7) is 0. The molecular formula is C23H19N5O2. The number of aromatic amines is 1. The van der Waals surface area contributed by atoms with Crippen molar-refractivity contribution in [3.63, 3.8) is 0 Å². The second-order valence-electron chi connectivity index (χ2n) is 7.34. The first-order valence-corrected chi connectivity index (χ1v) is 9.79. The molecule has 0 aliphatic heterocycles. The highest BCUT2D eigenvalue weighted by molar-refractivity contribution is 6.13. The molecular weight excluding hydrogens is 378 g/mol. The predicted molar refractivity (Wildman–Crippen MR) is 115 cm³/mol. The van der Waals surface area contributed by atoms with E-state index in [9.17, 15) is 9.59 Å². The van der Waals surface area contributed by atoms with Crippen molar-refractivity contribution < 1.29 is 9.59 Å². The lowest BCUT2D eigenvalue weighted by molar-refractivity contribution is -0.117. The third kappa shape index (κ3) is 3.53. The van der Waals surface area contributed by atoms with Gasteiger partial charge in [-0.3, -0.25) is 19.7 Å². The van der Waals surface area contributed by atoms with Crippen LogP contribution in [0.25, 0.3) is 22.0 Å². The van der Waals surface area contributed by atoms with Crippen LogP contribution < -0.4 is 10.6 Å². The molecule has 1 saturated carbocycles. The van der Waals surface area contributed by atoms with Crippen LogP contribution in [0.1, 0.15) is 23.3 Å². The van der Waals surface area contributed by atoms with Gasteiger partial charge in [0.15, 0.2) is 5.69 Å². The van der Waals surface area contributed by atoms with E-state index < -0.39 is 0 Å². The van der Waals surface area contributed by atoms with E-state index in [2.05, 4.69) is 25.8 Å². The largest absolute Gasteiger partial charge is 0.324 e. The molecule has 30 heavy (non-hydrogen) atoms. The van der Waals surface area contributed by atoms with Crippen LogP contribution in [0.2, 0.25) is 0 Å². The lowest BCUT2D eigenvalue weighted by atomic mass is 10.0. The Balaban J connectivity index is 1.44. The van der Waals surface area contributed by atoms with Gasteiger partial charge < -0.3 is 10.6 Å². The van der Waals surface area contributed by atoms with Gasteiger partial charge in [0, 0.05) is 29.3 Å². The summed E-state index contributed by atoms with van der Waals surface area (Å²) in [4.78, 5) is 29.3. The fourth-order valence-electron chi connectivity index (χ4n) is 3.36. The van der Waals surface area contributed by atoms with Crippen LogP contribution in [0.15, 0.2) is 67.0 Å². The number of H-pyrrole nitrogens is 1. The molecule has 7 nitrogen and oxygen atoms in total. The van der Waals surface area contributed by atoms with Crippen molar-refractivity contribution in [2.45, 2.75) is 12.8 Å². The summed E-state index contributed by atoms with van der Waals surface area (Å²) < 4.78 is 0. The SMILES string of the molecule is O=C(Nc1ccccc1NC(=O)C1CC1)c1n[nH]c2ccc(-c3cccnc3)cc12. The van der Waals surface area contributed by atoms with Crippen molar-refractivity contribution >= 4 is 34.1 Å². The topological polar surface area (TPSA) is 99.8 Å². The summed E-state index contributed by atoms with van der Waals surface area (Å²) in [5, 5.41) is 13.6. The zero-order valence-corrected chi connectivity index (χ0v) is 16.1. The van der Waals surface area contributed by atoms with Crippen molar-refractivity contribution in [3.05, 3.63) is 72.7 Å². The number of hydrogen-bond acceptors (Lipinski definition) is 4. The van der Waals surface area contributed by atoms with Crippen molar-refractivity contribution in [1.82, 2.24) is 15.2 Å². The first-order valence-electron chi connectivity index (χ1n) is 9.79. The van der Waals surface area contributed by atoms with Crippen molar-refractivity contribution in [1.29, 1.82) is 0 Å². The van der Waals surface area contributed by atoms with Gasteiger partial charge in [-0.2, -0.15) is 5.10 Å². The molecule has 148 valence electrons. The first-order chi connectivity index (χ1) is 14.7. The third-order valence-electron chi connectivity index (χ3n) is 5.15. The molecule has 1 aliphatic carbocycles. The van der Waals surface area contributed by atoms with E-state index in [0.29, 0.717) is 22.5 Å². The number of aromatic nitrogens is 3. The fourth-order valence-corrected chi connectivity index (χ4v) is 3.36. The summed E-state index contributed by atoms with van der Waals surface area (Å²) in [6, 6.07) is 16.8. The Morgan fingerprint density at radius 2 is 1.73 bits per heavy atom. The number of nitrogens with one attached hydrogen (secondary N) is 3. The second-order valence-corrected chi connectivity index (χ2v) is 7.34. The molecule has 0 atom stereocenters. The average molecular weight is 397 g/mol. The van der Waals surface area contributed by atoms with E-state index in [1.807, 2.05) is 42.5 Å². The van der Waals surface area contributed by atoms with Crippen LogP contribution in [0.5, 0.6) is 0 Å². The van der Waals surface area contributed by atoms with Crippen molar-refractivity contribution in [3.8, 4) is 11.1 Å². The smallest absolute Gasteiger partial charge is 0.276 e. The van der Waals surface area contributed by atoms with E-state index in [1.54, 1.807) is 24.5 Å². The van der Waals surface area contributed by atoms with Gasteiger partial charge in [-0.25, -0.2) is 0 Å². The van der Waals surface area contributed by atoms with Crippen LogP contribution >= 0.6 is 0 Å². The molecule has 2 aromatic heterocycles. The number of rotatable bonds is 5. The van der Waals surface area contributed by atoms with Gasteiger partial charge in [-0.05, 0) is 48.7 Å². The number of benzene rings is 2. The number of pyridine rings is 1. The molecule has 1 fully saturated rings. The molecule has 0 unspecified atom stereocenters. The zero-order chi connectivity index (χ0) is 20.5. The van der Waals surface area contributed by atoms with E-state index in [0.717, 1.165) is 29.5 Å². The number of fused-ring (bicyclic) bond motifs is 1. The third-order valence-corrected chi connectivity index (χ3v) is 5.15. The monoisotopic (exact) mass is 397 g/mol. The van der Waals surface area contributed by atoms with E-state index >= 15 is 0 Å². The molecule has 5 rings (SSSR count). The standard InChI is InChI=1S/C23H19N5O2/c29-22(14-7-8-14)25-19-5-1-2-6-20(19)26-23(30)21-17-12-15(9-10-18(17)27-28-21)16-4-3-11-24-13-16/h1-6,9-14H,7-8H2,(H,25,29)(H,26,30)(H,27,28). The Labute approximate surface area is 172 Å². The Morgan fingerprint density at radius 3 is 2.47 bits per heavy atom. The maximum absolute atomic E-state index is 13.0. The van der Waals surface area contributed by atoms with Gasteiger partial charge in [0.2, 0.25) is 5.91 Å². The Morgan fingerprint density at radius 1 is 0.933 bits per heavy atom. The highest BCUT2D eigenvalue weighted by atomic mass is 16.2. The number of hydrogen-bond donors (Lipinski definition) is 3. The highest BCUT2D eigenvalue weighted by Crippen LogP contribution is 2.32. The molecule has 3 N–H and O–H groups in total. The molecule has 2 aromatic carbocycles. The molecule has 1 aliphatic rings. The summed E-state index contributed by atoms with van der Waals surface area (Å²) in [6.07, 6.45) is 5.33. The molecule has 0 radical (unpaired) electrons. The number of amides is 2. The van der Waals surface area contributed by atoms with Gasteiger partial charge in [0.25, 0.3) is 5.91 Å². The van der Waals surface area contributed by atoms with Crippen LogP contribution in [-0.4, -0.2) is 27.0 Å². The van der Waals surface area contributed by atoms with Crippen LogP contribution in [-0.2, 0) is 4.79 Å². The van der Waals surface area contributed by atoms with Gasteiger partial charge >= 0.3 is 0 Å². The Bertz CT molecular complexity index is 1240. The minimum Gasteiger partial charge on any atom is -0.324 e.